The summed E-state index contributed by atoms with van der Waals surface area (Å²) in [6, 6.07) is 0. The third kappa shape index (κ3) is 37.6. The third-order valence-corrected chi connectivity index (χ3v) is 15.0. The number of hydrogen-bond acceptors (Lipinski definition) is 7. The molecule has 0 amide bonds. The Labute approximate surface area is 415 Å². The molecule has 0 spiro atoms. The summed E-state index contributed by atoms with van der Waals surface area (Å²) in [5, 5.41) is 20.8. The molecule has 0 fully saturated rings. The van der Waals surface area contributed by atoms with Crippen molar-refractivity contribution < 1.29 is 34.1 Å². The lowest BCUT2D eigenvalue weighted by Gasteiger charge is -2.25. The van der Waals surface area contributed by atoms with Crippen molar-refractivity contribution in [2.75, 3.05) is 45.9 Å². The van der Waals surface area contributed by atoms with Crippen LogP contribution in [-0.2, 0) is 19.1 Å². The minimum Gasteiger partial charge on any atom is -0.481 e. The Morgan fingerprint density at radius 1 is 0.373 bits per heavy atom. The van der Waals surface area contributed by atoms with Crippen LogP contribution in [0.2, 0.25) is 0 Å². The van der Waals surface area contributed by atoms with Crippen molar-refractivity contribution in [1.29, 1.82) is 0 Å². The molecule has 398 valence electrons. The van der Waals surface area contributed by atoms with Crippen molar-refractivity contribution in [3.63, 3.8) is 0 Å². The zero-order valence-corrected chi connectivity index (χ0v) is 45.6. The van der Waals surface area contributed by atoms with E-state index in [-0.39, 0.29) is 29.8 Å². The number of rotatable bonds is 52. The van der Waals surface area contributed by atoms with Crippen LogP contribution in [0.4, 0.5) is 4.79 Å². The Balaban J connectivity index is 5.41. The normalized spacial score (nSPS) is 13.2. The number of carbonyl (C=O) groups is 3. The average Bonchev–Trinajstić information content (AvgIpc) is 3.31. The van der Waals surface area contributed by atoms with Crippen LogP contribution in [-0.4, -0.2) is 90.1 Å². The first-order valence-corrected chi connectivity index (χ1v) is 29.3. The molecule has 0 aromatic rings. The van der Waals surface area contributed by atoms with E-state index in [1.54, 1.807) is 0 Å². The molecule has 0 aliphatic carbocycles. The quantitative estimate of drug-likeness (QED) is 0.0454. The number of unbranched alkanes of at least 4 members (excludes halogenated alkanes) is 22. The van der Waals surface area contributed by atoms with Gasteiger partial charge in [-0.25, -0.2) is 4.79 Å². The zero-order chi connectivity index (χ0) is 49.6. The van der Waals surface area contributed by atoms with Crippen molar-refractivity contribution >= 4 is 18.1 Å². The van der Waals surface area contributed by atoms with E-state index in [1.165, 1.54) is 103 Å². The highest BCUT2D eigenvalue weighted by molar-refractivity contribution is 5.70. The number of nitrogens with zero attached hydrogens (tertiary/aromatic N) is 2. The second-order valence-electron chi connectivity index (χ2n) is 20.5. The number of carboxylic acids is 2. The lowest BCUT2D eigenvalue weighted by molar-refractivity contribution is -0.145. The van der Waals surface area contributed by atoms with E-state index in [1.807, 2.05) is 0 Å². The molecule has 2 N–H and O–H groups in total. The Hall–Kier alpha value is -1.87. The van der Waals surface area contributed by atoms with Crippen LogP contribution >= 0.6 is 0 Å². The summed E-state index contributed by atoms with van der Waals surface area (Å²) in [5.74, 6) is -1.20. The first kappa shape index (κ1) is 65.1. The number of carboxylic acid groups (broad SMARTS) is 2. The second-order valence-corrected chi connectivity index (χ2v) is 20.5. The van der Waals surface area contributed by atoms with Crippen molar-refractivity contribution in [3.05, 3.63) is 0 Å². The molecule has 9 nitrogen and oxygen atoms in total. The van der Waals surface area contributed by atoms with Crippen LogP contribution < -0.4 is 0 Å². The smallest absolute Gasteiger partial charge is 0.481 e. The van der Waals surface area contributed by atoms with Gasteiger partial charge in [-0.3, -0.25) is 14.5 Å². The first-order valence-electron chi connectivity index (χ1n) is 29.3. The van der Waals surface area contributed by atoms with Crippen molar-refractivity contribution in [2.24, 2.45) is 23.7 Å². The molecular weight excluding hydrogens is 837 g/mol. The summed E-state index contributed by atoms with van der Waals surface area (Å²) in [6.07, 6.45) is 38.4. The van der Waals surface area contributed by atoms with Crippen LogP contribution in [0.15, 0.2) is 0 Å². The molecule has 0 radical (unpaired) electrons. The van der Waals surface area contributed by atoms with E-state index in [2.05, 4.69) is 58.3 Å². The molecule has 0 bridgehead atoms. The van der Waals surface area contributed by atoms with Crippen LogP contribution in [0.3, 0.4) is 0 Å². The molecular formula is C58H114N2O7. The number of ether oxygens (including phenoxy) is 2. The molecule has 2 atom stereocenters. The van der Waals surface area contributed by atoms with Crippen molar-refractivity contribution in [1.82, 2.24) is 9.80 Å². The maximum Gasteiger partial charge on any atom is 0.508 e. The van der Waals surface area contributed by atoms with Gasteiger partial charge in [-0.2, -0.15) is 0 Å². The Bertz CT molecular complexity index is 1010. The lowest BCUT2D eigenvalue weighted by Crippen LogP contribution is -2.37. The summed E-state index contributed by atoms with van der Waals surface area (Å²) < 4.78 is 11.7. The molecule has 0 saturated carbocycles. The largest absolute Gasteiger partial charge is 0.508 e. The number of carbonyl (C=O) groups excluding carboxylic acids is 1. The Kier molecular flexibility index (Phi) is 46.5. The van der Waals surface area contributed by atoms with E-state index < -0.39 is 18.1 Å². The van der Waals surface area contributed by atoms with Gasteiger partial charge in [0.1, 0.15) is 12.7 Å². The summed E-state index contributed by atoms with van der Waals surface area (Å²) in [5.41, 5.74) is 0. The van der Waals surface area contributed by atoms with Crippen LogP contribution in [0.1, 0.15) is 280 Å². The fraction of sp³-hybridized carbons (Fsp3) is 0.948. The SMILES string of the molecule is CCCCCCCC(CCCCCCC)C(CCCCCCC(CCCCCCC(C(=O)O)C(CCCCCCC)CCCCCCC)OC(=O)OCCN(CC)CCN(CC)CC)C(=O)O. The number of hydrogen-bond donors (Lipinski definition) is 2. The van der Waals surface area contributed by atoms with Gasteiger partial charge >= 0.3 is 18.1 Å². The number of likely N-dealkylation sites (N-methyl/N-ethyl adjacent to an activating group) is 2. The maximum atomic E-state index is 13.1. The highest BCUT2D eigenvalue weighted by atomic mass is 16.7. The van der Waals surface area contributed by atoms with Crippen molar-refractivity contribution in [3.8, 4) is 0 Å². The first-order chi connectivity index (χ1) is 32.6. The lowest BCUT2D eigenvalue weighted by atomic mass is 9.80. The predicted molar refractivity (Wildman–Crippen MR) is 284 cm³/mol. The summed E-state index contributed by atoms with van der Waals surface area (Å²) in [6.45, 7) is 21.4. The third-order valence-electron chi connectivity index (χ3n) is 15.0. The fourth-order valence-corrected chi connectivity index (χ4v) is 10.4. The molecule has 0 saturated heterocycles. The van der Waals surface area contributed by atoms with E-state index in [9.17, 15) is 24.6 Å². The van der Waals surface area contributed by atoms with Gasteiger partial charge < -0.3 is 24.6 Å². The van der Waals surface area contributed by atoms with E-state index in [0.717, 1.165) is 161 Å². The summed E-state index contributed by atoms with van der Waals surface area (Å²) in [7, 11) is 0. The molecule has 9 heteroatoms. The van der Waals surface area contributed by atoms with Crippen molar-refractivity contribution in [2.45, 2.75) is 286 Å². The number of aliphatic carboxylic acids is 2. The maximum absolute atomic E-state index is 13.1. The van der Waals surface area contributed by atoms with Gasteiger partial charge in [0.25, 0.3) is 0 Å². The average molecular weight is 952 g/mol. The van der Waals surface area contributed by atoms with E-state index in [4.69, 9.17) is 9.47 Å². The van der Waals surface area contributed by atoms with Crippen LogP contribution in [0.25, 0.3) is 0 Å². The Morgan fingerprint density at radius 2 is 0.672 bits per heavy atom. The zero-order valence-electron chi connectivity index (χ0n) is 45.6. The van der Waals surface area contributed by atoms with Gasteiger partial charge in [0.05, 0.1) is 11.8 Å². The molecule has 0 heterocycles. The van der Waals surface area contributed by atoms with E-state index >= 15 is 0 Å². The highest BCUT2D eigenvalue weighted by Crippen LogP contribution is 2.32. The minimum atomic E-state index is -0.612. The van der Waals surface area contributed by atoms with Crippen LogP contribution in [0.5, 0.6) is 0 Å². The monoisotopic (exact) mass is 951 g/mol. The topological polar surface area (TPSA) is 117 Å². The van der Waals surface area contributed by atoms with Gasteiger partial charge in [0.15, 0.2) is 0 Å². The summed E-state index contributed by atoms with van der Waals surface area (Å²) >= 11 is 0. The highest BCUT2D eigenvalue weighted by Gasteiger charge is 2.28. The van der Waals surface area contributed by atoms with Gasteiger partial charge in [-0.15, -0.1) is 0 Å². The Morgan fingerprint density at radius 3 is 0.985 bits per heavy atom. The molecule has 2 unspecified atom stereocenters. The van der Waals surface area contributed by atoms with Gasteiger partial charge in [-0.1, -0.05) is 215 Å². The molecule has 0 aliphatic heterocycles. The molecule has 0 rings (SSSR count). The van der Waals surface area contributed by atoms with Gasteiger partial charge in [0.2, 0.25) is 0 Å². The van der Waals surface area contributed by atoms with E-state index in [0.29, 0.717) is 13.2 Å². The fourth-order valence-electron chi connectivity index (χ4n) is 10.4. The van der Waals surface area contributed by atoms with Gasteiger partial charge in [-0.05, 0) is 95.7 Å². The van der Waals surface area contributed by atoms with Gasteiger partial charge in [0, 0.05) is 19.6 Å². The second kappa shape index (κ2) is 47.8. The molecule has 0 aromatic carbocycles. The minimum absolute atomic E-state index is 0.217. The predicted octanol–water partition coefficient (Wildman–Crippen LogP) is 16.9. The molecule has 67 heavy (non-hydrogen) atoms. The molecule has 0 aromatic heterocycles. The van der Waals surface area contributed by atoms with Crippen LogP contribution in [0, 0.1) is 23.7 Å². The standard InChI is InChI=1S/C58H114N2O7/c1-8-15-19-23-31-39-51(40-32-24-20-16-9-2)54(56(61)62)45-37-29-27-35-43-53(67-58(65)66-50-49-60(14-7)48-47-59(12-5)13-6)44-36-28-30-38-46-55(57(63)64)52(41-33-25-21-17-10-3)42-34-26-22-18-11-4/h51-55H,8-50H2,1-7H3,(H,61,62)(H,63,64). The summed E-state index contributed by atoms with van der Waals surface area (Å²) in [4.78, 5) is 43.1. The molecule has 0 aliphatic rings.